The standard InChI is InChI=1S/C10H17N4O4S/c1-12-7-8(9(15)13(2)10(12)16)19(17,18)14-5-3-11-4-6-14/h7-8,11H,3-6H2,1-2H3/q+1. The van der Waals surface area contributed by atoms with Crippen molar-refractivity contribution in [2.24, 2.45) is 0 Å². The van der Waals surface area contributed by atoms with Crippen LogP contribution in [0.25, 0.3) is 0 Å². The molecule has 19 heavy (non-hydrogen) atoms. The Hall–Kier alpha value is -1.32. The average molecular weight is 289 g/mol. The average Bonchev–Trinajstić information content (AvgIpc) is 2.41. The molecule has 2 aliphatic rings. The fourth-order valence-electron chi connectivity index (χ4n) is 2.12. The number of carbonyl (C=O) groups excluding carboxylic acids is 2. The van der Waals surface area contributed by atoms with Crippen LogP contribution in [0.1, 0.15) is 0 Å². The summed E-state index contributed by atoms with van der Waals surface area (Å²) in [7, 11) is -1.05. The summed E-state index contributed by atoms with van der Waals surface area (Å²) in [5.74, 6) is -0.707. The van der Waals surface area contributed by atoms with Crippen LogP contribution in [-0.4, -0.2) is 85.9 Å². The van der Waals surface area contributed by atoms with Gasteiger partial charge in [0.1, 0.15) is 6.21 Å². The quantitative estimate of drug-likeness (QED) is 0.588. The second-order valence-electron chi connectivity index (χ2n) is 4.55. The Kier molecular flexibility index (Phi) is 3.70. The molecule has 0 radical (unpaired) electrons. The lowest BCUT2D eigenvalue weighted by Gasteiger charge is -2.29. The van der Waals surface area contributed by atoms with Crippen LogP contribution in [0.3, 0.4) is 0 Å². The summed E-state index contributed by atoms with van der Waals surface area (Å²) in [4.78, 5) is 24.4. The smallest absolute Gasteiger partial charge is 0.314 e. The summed E-state index contributed by atoms with van der Waals surface area (Å²) < 4.78 is 27.3. The molecule has 1 N–H and O–H groups in total. The topological polar surface area (TPSA) is 89.8 Å². The van der Waals surface area contributed by atoms with Gasteiger partial charge in [0, 0.05) is 26.2 Å². The monoisotopic (exact) mass is 289 g/mol. The lowest BCUT2D eigenvalue weighted by molar-refractivity contribution is -0.399. The Labute approximate surface area is 111 Å². The minimum Gasteiger partial charge on any atom is -0.314 e. The molecule has 1 unspecified atom stereocenters. The molecule has 9 heteroatoms. The maximum absolute atomic E-state index is 12.4. The van der Waals surface area contributed by atoms with E-state index < -0.39 is 27.2 Å². The maximum Gasteiger partial charge on any atom is 0.500 e. The first-order valence-electron chi connectivity index (χ1n) is 5.94. The summed E-state index contributed by atoms with van der Waals surface area (Å²) in [5.41, 5.74) is 0. The van der Waals surface area contributed by atoms with Crippen molar-refractivity contribution in [3.8, 4) is 0 Å². The van der Waals surface area contributed by atoms with Crippen molar-refractivity contribution in [1.29, 1.82) is 0 Å². The molecule has 2 aliphatic heterocycles. The van der Waals surface area contributed by atoms with Crippen LogP contribution in [0, 0.1) is 0 Å². The van der Waals surface area contributed by atoms with Crippen LogP contribution < -0.4 is 5.32 Å². The Balaban J connectivity index is 2.34. The third-order valence-corrected chi connectivity index (χ3v) is 5.33. The molecule has 0 saturated carbocycles. The van der Waals surface area contributed by atoms with Crippen molar-refractivity contribution in [3.63, 3.8) is 0 Å². The second-order valence-corrected chi connectivity index (χ2v) is 6.61. The van der Waals surface area contributed by atoms with E-state index in [0.717, 1.165) is 9.48 Å². The van der Waals surface area contributed by atoms with Crippen LogP contribution in [0.2, 0.25) is 0 Å². The SMILES string of the molecule is CN1C(=O)C(S(=O)(=O)N2CCNCC2)C=[N+](C)C1=O. The fraction of sp³-hybridized carbons (Fsp3) is 0.700. The Morgan fingerprint density at radius 1 is 1.32 bits per heavy atom. The van der Waals surface area contributed by atoms with E-state index in [1.54, 1.807) is 0 Å². The van der Waals surface area contributed by atoms with Crippen molar-refractivity contribution < 1.29 is 22.6 Å². The van der Waals surface area contributed by atoms with Crippen LogP contribution in [0.4, 0.5) is 4.79 Å². The number of nitrogens with one attached hydrogen (secondary N) is 1. The number of hydrogen-bond acceptors (Lipinski definition) is 5. The lowest BCUT2D eigenvalue weighted by atomic mass is 10.3. The second kappa shape index (κ2) is 4.99. The summed E-state index contributed by atoms with van der Waals surface area (Å²) >= 11 is 0. The molecule has 1 atom stereocenters. The van der Waals surface area contributed by atoms with E-state index in [2.05, 4.69) is 5.32 Å². The van der Waals surface area contributed by atoms with Gasteiger partial charge < -0.3 is 5.32 Å². The number of piperazine rings is 1. The number of amides is 3. The molecule has 3 amide bonds. The van der Waals surface area contributed by atoms with E-state index in [1.807, 2.05) is 0 Å². The molecule has 106 valence electrons. The zero-order valence-electron chi connectivity index (χ0n) is 10.9. The molecule has 2 heterocycles. The van der Waals surface area contributed by atoms with Gasteiger partial charge in [-0.25, -0.2) is 17.8 Å². The van der Waals surface area contributed by atoms with Crippen molar-refractivity contribution in [2.75, 3.05) is 40.3 Å². The predicted octanol–water partition coefficient (Wildman–Crippen LogP) is -2.10. The number of carbonyl (C=O) groups is 2. The molecule has 0 aromatic carbocycles. The number of sulfonamides is 1. The zero-order chi connectivity index (χ0) is 14.2. The summed E-state index contributed by atoms with van der Waals surface area (Å²) in [6.07, 6.45) is 1.17. The minimum atomic E-state index is -3.77. The van der Waals surface area contributed by atoms with Gasteiger partial charge in [0.15, 0.2) is 0 Å². The Bertz CT molecular complexity index is 536. The van der Waals surface area contributed by atoms with E-state index in [0.29, 0.717) is 26.2 Å². The Morgan fingerprint density at radius 3 is 2.47 bits per heavy atom. The van der Waals surface area contributed by atoms with Gasteiger partial charge in [-0.1, -0.05) is 0 Å². The first kappa shape index (κ1) is 14.1. The van der Waals surface area contributed by atoms with Gasteiger partial charge in [-0.15, -0.1) is 0 Å². The molecule has 0 aromatic rings. The number of imide groups is 1. The van der Waals surface area contributed by atoms with Gasteiger partial charge in [-0.05, 0) is 0 Å². The van der Waals surface area contributed by atoms with Crippen molar-refractivity contribution in [3.05, 3.63) is 0 Å². The van der Waals surface area contributed by atoms with E-state index in [9.17, 15) is 18.0 Å². The third kappa shape index (κ3) is 2.40. The van der Waals surface area contributed by atoms with Crippen molar-refractivity contribution in [2.45, 2.75) is 5.25 Å². The zero-order valence-corrected chi connectivity index (χ0v) is 11.7. The Morgan fingerprint density at radius 2 is 1.89 bits per heavy atom. The van der Waals surface area contributed by atoms with Crippen LogP contribution >= 0.6 is 0 Å². The highest BCUT2D eigenvalue weighted by Gasteiger charge is 2.48. The van der Waals surface area contributed by atoms with E-state index in [4.69, 9.17) is 0 Å². The summed E-state index contributed by atoms with van der Waals surface area (Å²) in [6.45, 7) is 1.79. The predicted molar refractivity (Wildman–Crippen MR) is 67.6 cm³/mol. The molecule has 0 aliphatic carbocycles. The highest BCUT2D eigenvalue weighted by atomic mass is 32.2. The minimum absolute atomic E-state index is 0.335. The summed E-state index contributed by atoms with van der Waals surface area (Å²) in [6, 6.07) is -0.531. The first-order valence-corrected chi connectivity index (χ1v) is 7.45. The van der Waals surface area contributed by atoms with Crippen LogP contribution in [-0.2, 0) is 14.8 Å². The van der Waals surface area contributed by atoms with Gasteiger partial charge in [-0.2, -0.15) is 14.0 Å². The molecule has 1 fully saturated rings. The van der Waals surface area contributed by atoms with Crippen molar-refractivity contribution >= 4 is 28.2 Å². The molecule has 0 aromatic heterocycles. The fourth-order valence-corrected chi connectivity index (χ4v) is 3.88. The number of hydrogen-bond donors (Lipinski definition) is 1. The largest absolute Gasteiger partial charge is 0.500 e. The molecule has 0 spiro atoms. The van der Waals surface area contributed by atoms with Crippen LogP contribution in [0.5, 0.6) is 0 Å². The van der Waals surface area contributed by atoms with Crippen LogP contribution in [0.15, 0.2) is 0 Å². The van der Waals surface area contributed by atoms with E-state index in [-0.39, 0.29) is 0 Å². The molecule has 8 nitrogen and oxygen atoms in total. The number of nitrogens with zero attached hydrogens (tertiary/aromatic N) is 3. The van der Waals surface area contributed by atoms with Gasteiger partial charge in [-0.3, -0.25) is 0 Å². The molecule has 0 bridgehead atoms. The van der Waals surface area contributed by atoms with E-state index in [1.165, 1.54) is 24.6 Å². The van der Waals surface area contributed by atoms with Gasteiger partial charge in [0.05, 0.1) is 14.1 Å². The van der Waals surface area contributed by atoms with Crippen molar-refractivity contribution in [1.82, 2.24) is 14.5 Å². The normalized spacial score (nSPS) is 26.5. The lowest BCUT2D eigenvalue weighted by Crippen LogP contribution is -2.58. The maximum atomic E-state index is 12.4. The summed E-state index contributed by atoms with van der Waals surface area (Å²) in [5, 5.41) is 1.73. The first-order chi connectivity index (χ1) is 8.85. The van der Waals surface area contributed by atoms with E-state index >= 15 is 0 Å². The highest BCUT2D eigenvalue weighted by Crippen LogP contribution is 2.14. The van der Waals surface area contributed by atoms with Gasteiger partial charge in [0.25, 0.3) is 0 Å². The molecular formula is C10H17N4O4S+. The molecular weight excluding hydrogens is 272 g/mol. The van der Waals surface area contributed by atoms with Gasteiger partial charge >= 0.3 is 11.9 Å². The number of rotatable bonds is 2. The molecule has 2 rings (SSSR count). The third-order valence-electron chi connectivity index (χ3n) is 3.28. The molecule has 1 saturated heterocycles. The van der Waals surface area contributed by atoms with Gasteiger partial charge in [0.2, 0.25) is 15.3 Å². The highest BCUT2D eigenvalue weighted by molar-refractivity contribution is 7.91. The number of urea groups is 1.